The number of rotatable bonds is 6. The highest BCUT2D eigenvalue weighted by atomic mass is 32.3. The summed E-state index contributed by atoms with van der Waals surface area (Å²) < 4.78 is 59.0. The Hall–Kier alpha value is -2.19. The van der Waals surface area contributed by atoms with E-state index in [1.54, 1.807) is 57.2 Å². The zero-order valence-electron chi connectivity index (χ0n) is 17.9. The number of esters is 1. The number of benzene rings is 2. The van der Waals surface area contributed by atoms with Gasteiger partial charge in [0.05, 0.1) is 16.2 Å². The van der Waals surface area contributed by atoms with Crippen LogP contribution in [0, 0.1) is 5.92 Å². The van der Waals surface area contributed by atoms with Gasteiger partial charge in [-0.1, -0.05) is 42.8 Å². The summed E-state index contributed by atoms with van der Waals surface area (Å²) in [5.74, 6) is -1.52. The van der Waals surface area contributed by atoms with Gasteiger partial charge in [-0.2, -0.15) is 0 Å². The van der Waals surface area contributed by atoms with Crippen LogP contribution in [0.5, 0.6) is 0 Å². The van der Waals surface area contributed by atoms with Crippen molar-refractivity contribution in [2.24, 2.45) is 5.92 Å². The average Bonchev–Trinajstić information content (AvgIpc) is 3.13. The minimum absolute atomic E-state index is 0.0643. The number of sulfone groups is 2. The summed E-state index contributed by atoms with van der Waals surface area (Å²) >= 11 is 0. The molecule has 0 amide bonds. The van der Waals surface area contributed by atoms with E-state index in [-0.39, 0.29) is 22.6 Å². The third-order valence-electron chi connectivity index (χ3n) is 5.55. The predicted molar refractivity (Wildman–Crippen MR) is 118 cm³/mol. The van der Waals surface area contributed by atoms with Crippen LogP contribution in [0.25, 0.3) is 0 Å². The molecular weight excluding hydrogens is 436 g/mol. The van der Waals surface area contributed by atoms with E-state index in [9.17, 15) is 21.6 Å². The van der Waals surface area contributed by atoms with E-state index in [2.05, 4.69) is 0 Å². The van der Waals surface area contributed by atoms with Gasteiger partial charge in [0, 0.05) is 5.92 Å². The Balaban J connectivity index is 2.19. The second-order valence-corrected chi connectivity index (χ2v) is 13.5. The zero-order valence-corrected chi connectivity index (χ0v) is 19.6. The van der Waals surface area contributed by atoms with Gasteiger partial charge in [-0.3, -0.25) is 4.79 Å². The molecule has 2 aromatic carbocycles. The maximum absolute atomic E-state index is 13.9. The fourth-order valence-corrected chi connectivity index (χ4v) is 9.98. The Kier molecular flexibility index (Phi) is 6.35. The van der Waals surface area contributed by atoms with E-state index in [1.807, 2.05) is 0 Å². The highest BCUT2D eigenvalue weighted by molar-refractivity contribution is 8.10. The maximum Gasteiger partial charge on any atom is 0.306 e. The van der Waals surface area contributed by atoms with Crippen LogP contribution in [0.3, 0.4) is 0 Å². The molecule has 0 spiro atoms. The lowest BCUT2D eigenvalue weighted by Crippen LogP contribution is -2.50. The zero-order chi connectivity index (χ0) is 22.9. The van der Waals surface area contributed by atoms with E-state index in [4.69, 9.17) is 4.74 Å². The van der Waals surface area contributed by atoms with Crippen LogP contribution >= 0.6 is 0 Å². The minimum Gasteiger partial charge on any atom is -0.460 e. The van der Waals surface area contributed by atoms with Crippen molar-refractivity contribution in [2.75, 3.05) is 0 Å². The fraction of sp³-hybridized carbons (Fsp3) is 0.435. The Morgan fingerprint density at radius 2 is 1.35 bits per heavy atom. The minimum atomic E-state index is -4.34. The maximum atomic E-state index is 13.9. The van der Waals surface area contributed by atoms with Gasteiger partial charge in [0.15, 0.2) is 23.8 Å². The molecule has 1 fully saturated rings. The van der Waals surface area contributed by atoms with Gasteiger partial charge >= 0.3 is 5.97 Å². The normalized spacial score (nSPS) is 19.1. The standard InChI is InChI=1S/C23H28O6S2/c1-22(2,3)29-21(24)17-18-11-10-16-23(18,30(25,26)19-12-6-4-7-13-19)31(27,28)20-14-8-5-9-15-20/h4-9,12-15,18H,10-11,16-17H2,1-3H3. The van der Waals surface area contributed by atoms with E-state index < -0.39 is 41.2 Å². The monoisotopic (exact) mass is 464 g/mol. The summed E-state index contributed by atoms with van der Waals surface area (Å²) in [7, 11) is -8.68. The topological polar surface area (TPSA) is 94.6 Å². The van der Waals surface area contributed by atoms with Crippen LogP contribution in [0.15, 0.2) is 70.5 Å². The SMILES string of the molecule is CC(C)(C)OC(=O)CC1CCCC1(S(=O)(=O)c1ccccc1)S(=O)(=O)c1ccccc1. The number of hydrogen-bond donors (Lipinski definition) is 0. The molecule has 0 bridgehead atoms. The van der Waals surface area contributed by atoms with Crippen molar-refractivity contribution in [1.29, 1.82) is 0 Å². The van der Waals surface area contributed by atoms with E-state index in [1.165, 1.54) is 24.3 Å². The first-order valence-electron chi connectivity index (χ1n) is 10.2. The molecule has 1 unspecified atom stereocenters. The van der Waals surface area contributed by atoms with Crippen LogP contribution in [-0.2, 0) is 29.2 Å². The van der Waals surface area contributed by atoms with Gasteiger partial charge in [-0.15, -0.1) is 0 Å². The third-order valence-corrected chi connectivity index (χ3v) is 11.5. The molecule has 1 atom stereocenters. The van der Waals surface area contributed by atoms with Crippen molar-refractivity contribution in [3.63, 3.8) is 0 Å². The molecule has 168 valence electrons. The summed E-state index contributed by atoms with van der Waals surface area (Å²) in [6, 6.07) is 15.2. The Morgan fingerprint density at radius 1 is 0.903 bits per heavy atom. The summed E-state index contributed by atoms with van der Waals surface area (Å²) in [5.41, 5.74) is -0.755. The number of ether oxygens (including phenoxy) is 1. The van der Waals surface area contributed by atoms with Gasteiger partial charge in [-0.25, -0.2) is 16.8 Å². The van der Waals surface area contributed by atoms with E-state index in [0.717, 1.165) is 0 Å². The molecule has 0 radical (unpaired) electrons. The molecule has 1 aliphatic rings. The largest absolute Gasteiger partial charge is 0.460 e. The van der Waals surface area contributed by atoms with Crippen molar-refractivity contribution >= 4 is 25.6 Å². The van der Waals surface area contributed by atoms with Gasteiger partial charge in [0.2, 0.25) is 0 Å². The van der Waals surface area contributed by atoms with Crippen molar-refractivity contribution in [3.8, 4) is 0 Å². The molecule has 0 aromatic heterocycles. The lowest BCUT2D eigenvalue weighted by Gasteiger charge is -2.34. The lowest BCUT2D eigenvalue weighted by atomic mass is 10.0. The van der Waals surface area contributed by atoms with Crippen molar-refractivity contribution in [3.05, 3.63) is 60.7 Å². The van der Waals surface area contributed by atoms with Gasteiger partial charge in [-0.05, 0) is 57.9 Å². The molecule has 6 nitrogen and oxygen atoms in total. The number of carbonyl (C=O) groups is 1. The van der Waals surface area contributed by atoms with Crippen LogP contribution in [0.2, 0.25) is 0 Å². The van der Waals surface area contributed by atoms with Crippen molar-refractivity contribution in [1.82, 2.24) is 0 Å². The molecule has 1 saturated carbocycles. The van der Waals surface area contributed by atoms with Crippen molar-refractivity contribution < 1.29 is 26.4 Å². The third kappa shape index (κ3) is 4.28. The predicted octanol–water partition coefficient (Wildman–Crippen LogP) is 4.16. The van der Waals surface area contributed by atoms with E-state index in [0.29, 0.717) is 12.8 Å². The molecule has 0 saturated heterocycles. The Labute approximate surface area is 184 Å². The fourth-order valence-electron chi connectivity index (χ4n) is 4.31. The quantitative estimate of drug-likeness (QED) is 0.596. The Morgan fingerprint density at radius 3 is 1.77 bits per heavy atom. The van der Waals surface area contributed by atoms with E-state index >= 15 is 0 Å². The molecule has 1 aliphatic carbocycles. The van der Waals surface area contributed by atoms with Gasteiger partial charge < -0.3 is 4.74 Å². The molecule has 31 heavy (non-hydrogen) atoms. The number of hydrogen-bond acceptors (Lipinski definition) is 6. The second kappa shape index (κ2) is 8.39. The molecule has 8 heteroatoms. The van der Waals surface area contributed by atoms with Crippen LogP contribution < -0.4 is 0 Å². The first-order chi connectivity index (χ1) is 14.4. The average molecular weight is 465 g/mol. The molecule has 0 N–H and O–H groups in total. The molecular formula is C23H28O6S2. The Bertz CT molecular complexity index is 1060. The highest BCUT2D eigenvalue weighted by Gasteiger charge is 2.63. The van der Waals surface area contributed by atoms with Crippen LogP contribution in [0.1, 0.15) is 46.5 Å². The highest BCUT2D eigenvalue weighted by Crippen LogP contribution is 2.52. The van der Waals surface area contributed by atoms with Gasteiger partial charge in [0.1, 0.15) is 5.60 Å². The molecule has 0 heterocycles. The number of carbonyl (C=O) groups excluding carboxylic acids is 1. The van der Waals surface area contributed by atoms with Gasteiger partial charge in [0.25, 0.3) is 0 Å². The second-order valence-electron chi connectivity index (χ2n) is 8.82. The van der Waals surface area contributed by atoms with Crippen LogP contribution in [0.4, 0.5) is 0 Å². The first kappa shape index (κ1) is 23.5. The smallest absolute Gasteiger partial charge is 0.306 e. The summed E-state index contributed by atoms with van der Waals surface area (Å²) in [5, 5.41) is 0. The molecule has 0 aliphatic heterocycles. The summed E-state index contributed by atoms with van der Waals surface area (Å²) in [6.45, 7) is 5.15. The lowest BCUT2D eigenvalue weighted by molar-refractivity contribution is -0.155. The summed E-state index contributed by atoms with van der Waals surface area (Å²) in [4.78, 5) is 12.5. The molecule has 2 aromatic rings. The van der Waals surface area contributed by atoms with Crippen molar-refractivity contribution in [2.45, 2.75) is 65.9 Å². The first-order valence-corrected chi connectivity index (χ1v) is 13.2. The summed E-state index contributed by atoms with van der Waals surface area (Å²) in [6.07, 6.45) is 0.327. The van der Waals surface area contributed by atoms with Crippen LogP contribution in [-0.4, -0.2) is 32.5 Å². The molecule has 3 rings (SSSR count).